The van der Waals surface area contributed by atoms with Crippen LogP contribution >= 0.6 is 22.9 Å². The molecule has 1 heterocycles. The molecule has 1 amide bonds. The number of amides is 1. The molecule has 1 aromatic heterocycles. The number of hydrogen-bond donors (Lipinski definition) is 2. The lowest BCUT2D eigenvalue weighted by Gasteiger charge is -2.06. The van der Waals surface area contributed by atoms with E-state index in [2.05, 4.69) is 15.0 Å². The molecule has 2 aromatic carbocycles. The molecule has 2 N–H and O–H groups in total. The lowest BCUT2D eigenvalue weighted by atomic mass is 10.2. The van der Waals surface area contributed by atoms with Gasteiger partial charge in [0.1, 0.15) is 0 Å². The molecule has 6 nitrogen and oxygen atoms in total. The van der Waals surface area contributed by atoms with E-state index >= 15 is 0 Å². The molecule has 0 saturated carbocycles. The molecule has 0 unspecified atom stereocenters. The van der Waals surface area contributed by atoms with Crippen LogP contribution in [0, 0.1) is 6.92 Å². The summed E-state index contributed by atoms with van der Waals surface area (Å²) in [7, 11) is -3.70. The topological polar surface area (TPSA) is 88.2 Å². The van der Waals surface area contributed by atoms with Crippen molar-refractivity contribution in [3.8, 4) is 0 Å². The number of carbonyl (C=O) groups is 1. The molecule has 140 valence electrons. The van der Waals surface area contributed by atoms with Crippen LogP contribution in [-0.4, -0.2) is 19.3 Å². The fraction of sp³-hybridized carbons (Fsp3) is 0.111. The van der Waals surface area contributed by atoms with Gasteiger partial charge in [-0.15, -0.1) is 11.3 Å². The maximum Gasteiger partial charge on any atom is 0.263 e. The smallest absolute Gasteiger partial charge is 0.263 e. The van der Waals surface area contributed by atoms with E-state index in [1.54, 1.807) is 35.7 Å². The second-order valence-electron chi connectivity index (χ2n) is 5.75. The van der Waals surface area contributed by atoms with Gasteiger partial charge in [-0.3, -0.25) is 9.52 Å². The Morgan fingerprint density at radius 2 is 1.93 bits per heavy atom. The minimum Gasteiger partial charge on any atom is -0.326 e. The second-order valence-corrected chi connectivity index (χ2v) is 8.70. The molecule has 0 aliphatic heterocycles. The molecule has 3 rings (SSSR count). The molecule has 3 aromatic rings. The summed E-state index contributed by atoms with van der Waals surface area (Å²) in [5.74, 6) is -0.266. The van der Waals surface area contributed by atoms with Crippen molar-refractivity contribution in [1.29, 1.82) is 0 Å². The molecular formula is C18H16ClN3O3S2. The number of sulfonamides is 1. The van der Waals surface area contributed by atoms with E-state index < -0.39 is 10.0 Å². The van der Waals surface area contributed by atoms with Gasteiger partial charge in [-0.1, -0.05) is 35.9 Å². The van der Waals surface area contributed by atoms with Crippen LogP contribution in [0.25, 0.3) is 0 Å². The fourth-order valence-electron chi connectivity index (χ4n) is 2.25. The van der Waals surface area contributed by atoms with Gasteiger partial charge in [0.2, 0.25) is 5.91 Å². The minimum absolute atomic E-state index is 0.0229. The summed E-state index contributed by atoms with van der Waals surface area (Å²) in [5, 5.41) is 5.16. The first-order chi connectivity index (χ1) is 12.8. The van der Waals surface area contributed by atoms with Crippen LogP contribution in [-0.2, 0) is 21.2 Å². The summed E-state index contributed by atoms with van der Waals surface area (Å²) in [4.78, 5) is 16.5. The van der Waals surface area contributed by atoms with Crippen LogP contribution in [0.2, 0.25) is 5.02 Å². The zero-order valence-electron chi connectivity index (χ0n) is 14.3. The Bertz CT molecular complexity index is 1070. The summed E-state index contributed by atoms with van der Waals surface area (Å²) in [6.07, 6.45) is 0.0229. The number of aromatic nitrogens is 1. The van der Waals surface area contributed by atoms with Crippen LogP contribution < -0.4 is 10.0 Å². The summed E-state index contributed by atoms with van der Waals surface area (Å²) in [5.41, 5.74) is 1.99. The van der Waals surface area contributed by atoms with E-state index in [1.165, 1.54) is 12.1 Å². The van der Waals surface area contributed by atoms with E-state index in [1.807, 2.05) is 13.0 Å². The monoisotopic (exact) mass is 421 g/mol. The molecule has 0 radical (unpaired) electrons. The average Bonchev–Trinajstić information content (AvgIpc) is 3.05. The molecular weight excluding hydrogens is 406 g/mol. The Morgan fingerprint density at radius 3 is 2.63 bits per heavy atom. The molecule has 0 spiro atoms. The van der Waals surface area contributed by atoms with Gasteiger partial charge < -0.3 is 5.32 Å². The lowest BCUT2D eigenvalue weighted by Crippen LogP contribution is -2.15. The number of carbonyl (C=O) groups excluding carboxylic acids is 1. The van der Waals surface area contributed by atoms with Crippen molar-refractivity contribution in [2.24, 2.45) is 0 Å². The minimum atomic E-state index is -3.70. The number of halogens is 1. The highest BCUT2D eigenvalue weighted by atomic mass is 35.5. The number of anilines is 2. The van der Waals surface area contributed by atoms with Crippen molar-refractivity contribution in [2.45, 2.75) is 18.2 Å². The largest absolute Gasteiger partial charge is 0.326 e. The van der Waals surface area contributed by atoms with Gasteiger partial charge in [0.05, 0.1) is 17.0 Å². The zero-order valence-corrected chi connectivity index (χ0v) is 16.7. The predicted molar refractivity (Wildman–Crippen MR) is 108 cm³/mol. The van der Waals surface area contributed by atoms with Crippen molar-refractivity contribution in [3.63, 3.8) is 0 Å². The Balaban J connectivity index is 1.63. The number of nitrogens with zero attached hydrogens (tertiary/aromatic N) is 1. The number of aryl methyl sites for hydroxylation is 1. The molecule has 0 atom stereocenters. The van der Waals surface area contributed by atoms with E-state index in [-0.39, 0.29) is 22.4 Å². The van der Waals surface area contributed by atoms with Crippen LogP contribution in [0.4, 0.5) is 10.8 Å². The zero-order chi connectivity index (χ0) is 19.4. The average molecular weight is 422 g/mol. The van der Waals surface area contributed by atoms with Crippen LogP contribution in [0.3, 0.4) is 0 Å². The number of thiazole rings is 1. The maximum atomic E-state index is 12.3. The second kappa shape index (κ2) is 8.08. The highest BCUT2D eigenvalue weighted by molar-refractivity contribution is 7.93. The van der Waals surface area contributed by atoms with Gasteiger partial charge in [0.25, 0.3) is 10.0 Å². The fourth-order valence-corrected chi connectivity index (χ4v) is 4.41. The van der Waals surface area contributed by atoms with Crippen molar-refractivity contribution in [3.05, 3.63) is 70.2 Å². The van der Waals surface area contributed by atoms with E-state index in [4.69, 9.17) is 11.6 Å². The predicted octanol–water partition coefficient (Wildman–Crippen LogP) is 4.09. The molecule has 9 heteroatoms. The first-order valence-electron chi connectivity index (χ1n) is 7.92. The van der Waals surface area contributed by atoms with E-state index in [0.717, 1.165) is 16.9 Å². The molecule has 27 heavy (non-hydrogen) atoms. The quantitative estimate of drug-likeness (QED) is 0.627. The van der Waals surface area contributed by atoms with E-state index in [9.17, 15) is 13.2 Å². The highest BCUT2D eigenvalue weighted by Gasteiger charge is 2.16. The van der Waals surface area contributed by atoms with Crippen LogP contribution in [0.1, 0.15) is 11.3 Å². The summed E-state index contributed by atoms with van der Waals surface area (Å²) >= 11 is 7.17. The van der Waals surface area contributed by atoms with Crippen molar-refractivity contribution in [2.75, 3.05) is 10.0 Å². The van der Waals surface area contributed by atoms with Crippen LogP contribution in [0.5, 0.6) is 0 Å². The number of hydrogen-bond acceptors (Lipinski definition) is 5. The summed E-state index contributed by atoms with van der Waals surface area (Å²) < 4.78 is 27.0. The van der Waals surface area contributed by atoms with Gasteiger partial charge in [-0.05, 0) is 36.8 Å². The van der Waals surface area contributed by atoms with Crippen LogP contribution in [0.15, 0.2) is 58.8 Å². The van der Waals surface area contributed by atoms with Gasteiger partial charge in [0, 0.05) is 16.1 Å². The first kappa shape index (κ1) is 19.3. The van der Waals surface area contributed by atoms with Gasteiger partial charge >= 0.3 is 0 Å². The van der Waals surface area contributed by atoms with Crippen molar-refractivity contribution in [1.82, 2.24) is 4.98 Å². The van der Waals surface area contributed by atoms with Gasteiger partial charge in [0.15, 0.2) is 5.13 Å². The highest BCUT2D eigenvalue weighted by Crippen LogP contribution is 2.22. The molecule has 0 fully saturated rings. The van der Waals surface area contributed by atoms with Gasteiger partial charge in [-0.2, -0.15) is 0 Å². The summed E-state index contributed by atoms with van der Waals surface area (Å²) in [6.45, 7) is 1.88. The lowest BCUT2D eigenvalue weighted by molar-refractivity contribution is -0.115. The number of benzene rings is 2. The summed E-state index contributed by atoms with van der Waals surface area (Å²) in [6, 6.07) is 13.3. The molecule has 0 aliphatic carbocycles. The maximum absolute atomic E-state index is 12.3. The molecule has 0 bridgehead atoms. The van der Waals surface area contributed by atoms with Crippen molar-refractivity contribution >= 4 is 49.7 Å². The first-order valence-corrected chi connectivity index (χ1v) is 10.7. The Morgan fingerprint density at radius 1 is 1.19 bits per heavy atom. The number of rotatable bonds is 6. The van der Waals surface area contributed by atoms with Gasteiger partial charge in [-0.25, -0.2) is 13.4 Å². The normalized spacial score (nSPS) is 11.2. The molecule has 0 aliphatic rings. The Hall–Kier alpha value is -2.42. The number of nitrogens with one attached hydrogen (secondary N) is 2. The molecule has 0 saturated heterocycles. The van der Waals surface area contributed by atoms with E-state index in [0.29, 0.717) is 16.4 Å². The Labute approximate surface area is 166 Å². The third kappa shape index (κ3) is 5.06. The standard InChI is InChI=1S/C18H16ClN3O3S2/c1-12-7-8-13(9-16(12)19)20-17(23)10-14-11-26-18(21-14)22-27(24,25)15-5-3-2-4-6-15/h2-9,11H,10H2,1H3,(H,20,23)(H,21,22). The van der Waals surface area contributed by atoms with Crippen molar-refractivity contribution < 1.29 is 13.2 Å². The SMILES string of the molecule is Cc1ccc(NC(=O)Cc2csc(NS(=O)(=O)c3ccccc3)n2)cc1Cl. The third-order valence-electron chi connectivity index (χ3n) is 3.62. The third-order valence-corrected chi connectivity index (χ3v) is 6.32. The Kier molecular flexibility index (Phi) is 5.79.